The van der Waals surface area contributed by atoms with E-state index in [0.29, 0.717) is 0 Å². The van der Waals surface area contributed by atoms with E-state index in [1.165, 1.54) is 0 Å². The summed E-state index contributed by atoms with van der Waals surface area (Å²) in [5.41, 5.74) is 3.59. The first-order valence-electron chi connectivity index (χ1n) is 6.59. The molecule has 0 aliphatic heterocycles. The fourth-order valence-corrected chi connectivity index (χ4v) is 2.31. The molecule has 98 valence electrons. The van der Waals surface area contributed by atoms with Crippen molar-refractivity contribution in [2.75, 3.05) is 0 Å². The van der Waals surface area contributed by atoms with Crippen LogP contribution in [0.4, 0.5) is 0 Å². The molecule has 0 saturated heterocycles. The third-order valence-electron chi connectivity index (χ3n) is 3.31. The zero-order valence-electron chi connectivity index (χ0n) is 11.0. The maximum atomic E-state index is 10.6. The monoisotopic (exact) mass is 261 g/mol. The molecule has 1 heterocycles. The molecule has 0 fully saturated rings. The third-order valence-corrected chi connectivity index (χ3v) is 3.31. The Bertz CT molecular complexity index is 680. The third kappa shape index (κ3) is 2.46. The lowest BCUT2D eigenvalue weighted by Gasteiger charge is -2.15. The van der Waals surface area contributed by atoms with E-state index in [0.717, 1.165) is 22.4 Å². The SMILES string of the molecule is OC(c1ccccc1)c1ccccc1-c1ccccn1. The van der Waals surface area contributed by atoms with Crippen LogP contribution in [0.5, 0.6) is 0 Å². The van der Waals surface area contributed by atoms with E-state index in [1.807, 2.05) is 72.8 Å². The van der Waals surface area contributed by atoms with Crippen LogP contribution in [-0.2, 0) is 0 Å². The van der Waals surface area contributed by atoms with Crippen LogP contribution in [0.15, 0.2) is 79.0 Å². The van der Waals surface area contributed by atoms with Gasteiger partial charge in [0.1, 0.15) is 6.10 Å². The van der Waals surface area contributed by atoms with Crippen LogP contribution in [0.3, 0.4) is 0 Å². The average Bonchev–Trinajstić information content (AvgIpc) is 2.56. The molecule has 0 saturated carbocycles. The molecule has 1 unspecified atom stereocenters. The van der Waals surface area contributed by atoms with E-state index in [4.69, 9.17) is 0 Å². The van der Waals surface area contributed by atoms with Crippen LogP contribution >= 0.6 is 0 Å². The van der Waals surface area contributed by atoms with Gasteiger partial charge in [-0.1, -0.05) is 60.7 Å². The second-order valence-electron chi connectivity index (χ2n) is 4.62. The van der Waals surface area contributed by atoms with Gasteiger partial charge in [0.05, 0.1) is 5.69 Å². The van der Waals surface area contributed by atoms with Crippen LogP contribution in [-0.4, -0.2) is 10.1 Å². The molecule has 0 amide bonds. The lowest BCUT2D eigenvalue weighted by atomic mass is 9.95. The first-order chi connectivity index (χ1) is 9.86. The van der Waals surface area contributed by atoms with Gasteiger partial charge in [0.15, 0.2) is 0 Å². The van der Waals surface area contributed by atoms with Crippen molar-refractivity contribution >= 4 is 0 Å². The van der Waals surface area contributed by atoms with Crippen molar-refractivity contribution in [1.29, 1.82) is 0 Å². The van der Waals surface area contributed by atoms with Crippen molar-refractivity contribution in [3.63, 3.8) is 0 Å². The van der Waals surface area contributed by atoms with Gasteiger partial charge < -0.3 is 5.11 Å². The molecule has 3 aromatic rings. The number of hydrogen-bond donors (Lipinski definition) is 1. The highest BCUT2D eigenvalue weighted by Gasteiger charge is 2.15. The summed E-state index contributed by atoms with van der Waals surface area (Å²) in [6, 6.07) is 23.3. The normalized spacial score (nSPS) is 12.1. The van der Waals surface area contributed by atoms with Gasteiger partial charge in [-0.25, -0.2) is 0 Å². The van der Waals surface area contributed by atoms with Crippen molar-refractivity contribution in [2.24, 2.45) is 0 Å². The Balaban J connectivity index is 2.07. The lowest BCUT2D eigenvalue weighted by molar-refractivity contribution is 0.221. The van der Waals surface area contributed by atoms with Gasteiger partial charge in [-0.3, -0.25) is 4.98 Å². The largest absolute Gasteiger partial charge is 0.384 e. The van der Waals surface area contributed by atoms with Gasteiger partial charge in [0, 0.05) is 11.8 Å². The quantitative estimate of drug-likeness (QED) is 0.777. The molecule has 0 bridgehead atoms. The summed E-state index contributed by atoms with van der Waals surface area (Å²) < 4.78 is 0. The van der Waals surface area contributed by atoms with Gasteiger partial charge in [-0.2, -0.15) is 0 Å². The number of benzene rings is 2. The molecule has 0 spiro atoms. The van der Waals surface area contributed by atoms with Crippen LogP contribution < -0.4 is 0 Å². The molecule has 2 nitrogen and oxygen atoms in total. The topological polar surface area (TPSA) is 33.1 Å². The molecule has 20 heavy (non-hydrogen) atoms. The van der Waals surface area contributed by atoms with Crippen molar-refractivity contribution in [2.45, 2.75) is 6.10 Å². The highest BCUT2D eigenvalue weighted by Crippen LogP contribution is 2.30. The van der Waals surface area contributed by atoms with Crippen LogP contribution in [0.1, 0.15) is 17.2 Å². The van der Waals surface area contributed by atoms with Crippen LogP contribution in [0.2, 0.25) is 0 Å². The summed E-state index contributed by atoms with van der Waals surface area (Å²) in [5, 5.41) is 10.6. The van der Waals surface area contributed by atoms with E-state index >= 15 is 0 Å². The minimum atomic E-state index is -0.644. The lowest BCUT2D eigenvalue weighted by Crippen LogP contribution is -2.02. The number of nitrogens with zero attached hydrogens (tertiary/aromatic N) is 1. The number of pyridine rings is 1. The van der Waals surface area contributed by atoms with E-state index < -0.39 is 6.10 Å². The molecule has 0 aliphatic rings. The second-order valence-corrected chi connectivity index (χ2v) is 4.62. The van der Waals surface area contributed by atoms with E-state index in [9.17, 15) is 5.11 Å². The van der Waals surface area contributed by atoms with E-state index in [1.54, 1.807) is 6.20 Å². The number of aliphatic hydroxyl groups is 1. The molecule has 1 N–H and O–H groups in total. The number of aromatic nitrogens is 1. The molecule has 2 heteroatoms. The Morgan fingerprint density at radius 3 is 2.20 bits per heavy atom. The molecular weight excluding hydrogens is 246 g/mol. The smallest absolute Gasteiger partial charge is 0.105 e. The Morgan fingerprint density at radius 2 is 1.45 bits per heavy atom. The van der Waals surface area contributed by atoms with E-state index in [2.05, 4.69) is 4.98 Å². The zero-order valence-corrected chi connectivity index (χ0v) is 11.0. The van der Waals surface area contributed by atoms with Gasteiger partial charge in [-0.15, -0.1) is 0 Å². The van der Waals surface area contributed by atoms with Crippen molar-refractivity contribution in [3.05, 3.63) is 90.1 Å². The predicted octanol–water partition coefficient (Wildman–Crippen LogP) is 3.83. The van der Waals surface area contributed by atoms with Gasteiger partial charge >= 0.3 is 0 Å². The zero-order chi connectivity index (χ0) is 13.8. The maximum absolute atomic E-state index is 10.6. The first-order valence-corrected chi connectivity index (χ1v) is 6.59. The van der Waals surface area contributed by atoms with Gasteiger partial charge in [-0.05, 0) is 23.3 Å². The Hall–Kier alpha value is -2.45. The van der Waals surface area contributed by atoms with E-state index in [-0.39, 0.29) is 0 Å². The molecule has 0 aliphatic carbocycles. The minimum Gasteiger partial charge on any atom is -0.384 e. The maximum Gasteiger partial charge on any atom is 0.105 e. The number of aliphatic hydroxyl groups excluding tert-OH is 1. The predicted molar refractivity (Wildman–Crippen MR) is 80.2 cm³/mol. The fourth-order valence-electron chi connectivity index (χ4n) is 2.31. The van der Waals surface area contributed by atoms with Gasteiger partial charge in [0.2, 0.25) is 0 Å². The van der Waals surface area contributed by atoms with Crippen LogP contribution in [0.25, 0.3) is 11.3 Å². The summed E-state index contributed by atoms with van der Waals surface area (Å²) in [5.74, 6) is 0. The van der Waals surface area contributed by atoms with Crippen LogP contribution in [0, 0.1) is 0 Å². The Labute approximate surface area is 118 Å². The Morgan fingerprint density at radius 1 is 0.750 bits per heavy atom. The summed E-state index contributed by atoms with van der Waals surface area (Å²) >= 11 is 0. The molecular formula is C18H15NO. The van der Waals surface area contributed by atoms with Crippen molar-refractivity contribution in [3.8, 4) is 11.3 Å². The van der Waals surface area contributed by atoms with Crippen molar-refractivity contribution in [1.82, 2.24) is 4.98 Å². The first kappa shape index (κ1) is 12.6. The standard InChI is InChI=1S/C18H15NO/c20-18(14-8-2-1-3-9-14)16-11-5-4-10-15(16)17-12-6-7-13-19-17/h1-13,18,20H. The molecule has 1 atom stereocenters. The highest BCUT2D eigenvalue weighted by atomic mass is 16.3. The molecule has 2 aromatic carbocycles. The number of hydrogen-bond acceptors (Lipinski definition) is 2. The summed E-state index contributed by atoms with van der Waals surface area (Å²) in [7, 11) is 0. The summed E-state index contributed by atoms with van der Waals surface area (Å²) in [4.78, 5) is 4.37. The van der Waals surface area contributed by atoms with Crippen molar-refractivity contribution < 1.29 is 5.11 Å². The summed E-state index contributed by atoms with van der Waals surface area (Å²) in [6.07, 6.45) is 1.12. The molecule has 3 rings (SSSR count). The molecule has 0 radical (unpaired) electrons. The Kier molecular flexibility index (Phi) is 3.57. The highest BCUT2D eigenvalue weighted by molar-refractivity contribution is 5.64. The average molecular weight is 261 g/mol. The fraction of sp³-hybridized carbons (Fsp3) is 0.0556. The minimum absolute atomic E-state index is 0.644. The summed E-state index contributed by atoms with van der Waals surface area (Å²) in [6.45, 7) is 0. The number of rotatable bonds is 3. The van der Waals surface area contributed by atoms with Gasteiger partial charge in [0.25, 0.3) is 0 Å². The second kappa shape index (κ2) is 5.68. The molecule has 1 aromatic heterocycles.